The topological polar surface area (TPSA) is 114 Å². The van der Waals surface area contributed by atoms with Gasteiger partial charge in [0.2, 0.25) is 10.0 Å². The minimum absolute atomic E-state index is 0.0567. The molecule has 0 heterocycles. The maximum absolute atomic E-state index is 12.2. The fourth-order valence-corrected chi connectivity index (χ4v) is 3.60. The number of hydrogen-bond acceptors (Lipinski definition) is 6. The molecule has 164 valence electrons. The average molecular weight is 472 g/mol. The van der Waals surface area contributed by atoms with Crippen molar-refractivity contribution >= 4 is 39.7 Å². The minimum Gasteiger partial charge on any atom is -0.423 e. The molecule has 2 N–H and O–H groups in total. The first-order valence-corrected chi connectivity index (χ1v) is 11.1. The molecule has 3 aromatic carbocycles. The number of carbonyl (C=O) groups excluding carboxylic acids is 2. The molecule has 10 heteroatoms. The maximum atomic E-state index is 12.2. The van der Waals surface area contributed by atoms with Crippen LogP contribution in [0.3, 0.4) is 0 Å². The second kappa shape index (κ2) is 10.7. The fraction of sp³-hybridized carbons (Fsp3) is 0.0455. The van der Waals surface area contributed by atoms with Crippen LogP contribution in [0, 0.1) is 0 Å². The number of nitrogens with zero attached hydrogens (tertiary/aromatic N) is 1. The van der Waals surface area contributed by atoms with Crippen LogP contribution in [0.4, 0.5) is 0 Å². The Hall–Kier alpha value is -3.53. The van der Waals surface area contributed by atoms with E-state index in [0.717, 1.165) is 0 Å². The van der Waals surface area contributed by atoms with Crippen LogP contribution in [0.1, 0.15) is 15.9 Å². The van der Waals surface area contributed by atoms with Gasteiger partial charge in [-0.3, -0.25) is 4.79 Å². The number of halogens is 1. The SMILES string of the molecule is O=C(CNS(=O)(=O)c1ccccc1)NN=Cc1cccc(OC(=O)c2ccc(Cl)cc2)c1. The summed E-state index contributed by atoms with van der Waals surface area (Å²) >= 11 is 5.81. The molecule has 0 saturated carbocycles. The van der Waals surface area contributed by atoms with Gasteiger partial charge in [-0.15, -0.1) is 0 Å². The van der Waals surface area contributed by atoms with Gasteiger partial charge in [0.1, 0.15) is 5.75 Å². The molecule has 0 radical (unpaired) electrons. The average Bonchev–Trinajstić information content (AvgIpc) is 2.79. The molecule has 0 atom stereocenters. The van der Waals surface area contributed by atoms with Crippen molar-refractivity contribution in [1.29, 1.82) is 0 Å². The molecule has 0 aliphatic carbocycles. The van der Waals surface area contributed by atoms with Crippen LogP contribution in [-0.4, -0.2) is 33.1 Å². The first-order chi connectivity index (χ1) is 15.3. The van der Waals surface area contributed by atoms with Crippen molar-refractivity contribution in [3.63, 3.8) is 0 Å². The Kier molecular flexibility index (Phi) is 7.72. The molecule has 0 saturated heterocycles. The van der Waals surface area contributed by atoms with Gasteiger partial charge >= 0.3 is 5.97 Å². The third kappa shape index (κ3) is 6.74. The van der Waals surface area contributed by atoms with E-state index in [1.807, 2.05) is 0 Å². The number of nitrogens with one attached hydrogen (secondary N) is 2. The Morgan fingerprint density at radius 2 is 1.69 bits per heavy atom. The molecule has 32 heavy (non-hydrogen) atoms. The molecular weight excluding hydrogens is 454 g/mol. The van der Waals surface area contributed by atoms with Crippen molar-refractivity contribution in [2.75, 3.05) is 6.54 Å². The highest BCUT2D eigenvalue weighted by molar-refractivity contribution is 7.89. The van der Waals surface area contributed by atoms with Crippen molar-refractivity contribution < 1.29 is 22.7 Å². The monoisotopic (exact) mass is 471 g/mol. The molecule has 3 aromatic rings. The van der Waals surface area contributed by atoms with E-state index in [9.17, 15) is 18.0 Å². The fourth-order valence-electron chi connectivity index (χ4n) is 2.47. The summed E-state index contributed by atoms with van der Waals surface area (Å²) in [5, 5.41) is 4.30. The third-order valence-corrected chi connectivity index (χ3v) is 5.70. The lowest BCUT2D eigenvalue weighted by Gasteiger charge is -2.06. The van der Waals surface area contributed by atoms with E-state index in [0.29, 0.717) is 16.1 Å². The number of esters is 1. The highest BCUT2D eigenvalue weighted by Crippen LogP contribution is 2.16. The zero-order valence-electron chi connectivity index (χ0n) is 16.6. The molecule has 0 aliphatic rings. The normalized spacial score (nSPS) is 11.3. The molecule has 0 fully saturated rings. The summed E-state index contributed by atoms with van der Waals surface area (Å²) < 4.78 is 31.7. The van der Waals surface area contributed by atoms with E-state index in [1.54, 1.807) is 66.7 Å². The van der Waals surface area contributed by atoms with E-state index in [-0.39, 0.29) is 10.6 Å². The lowest BCUT2D eigenvalue weighted by molar-refractivity contribution is -0.119. The number of sulfonamides is 1. The maximum Gasteiger partial charge on any atom is 0.343 e. The molecule has 8 nitrogen and oxygen atoms in total. The number of hydrazone groups is 1. The standard InChI is InChI=1S/C22H18ClN3O5S/c23-18-11-9-17(10-12-18)22(28)31-19-6-4-5-16(13-19)14-24-26-21(27)15-25-32(29,30)20-7-2-1-3-8-20/h1-14,25H,15H2,(H,26,27). The summed E-state index contributed by atoms with van der Waals surface area (Å²) in [4.78, 5) is 24.1. The Morgan fingerprint density at radius 3 is 2.41 bits per heavy atom. The molecule has 0 spiro atoms. The molecule has 1 amide bonds. The summed E-state index contributed by atoms with van der Waals surface area (Å²) in [6, 6.07) is 20.5. The molecule has 0 aromatic heterocycles. The Morgan fingerprint density at radius 1 is 0.969 bits per heavy atom. The zero-order chi connectivity index (χ0) is 23.0. The number of carbonyl (C=O) groups is 2. The summed E-state index contributed by atoms with van der Waals surface area (Å²) in [6.45, 7) is -0.479. The first kappa shape index (κ1) is 23.1. The van der Waals surface area contributed by atoms with Crippen molar-refractivity contribution in [2.24, 2.45) is 5.10 Å². The van der Waals surface area contributed by atoms with Gasteiger partial charge in [0.15, 0.2) is 0 Å². The van der Waals surface area contributed by atoms with E-state index in [2.05, 4.69) is 15.2 Å². The second-order valence-corrected chi connectivity index (χ2v) is 8.60. The lowest BCUT2D eigenvalue weighted by Crippen LogP contribution is -2.34. The number of ether oxygens (including phenoxy) is 1. The quantitative estimate of drug-likeness (QED) is 0.227. The molecule has 0 aliphatic heterocycles. The van der Waals surface area contributed by atoms with Crippen LogP contribution in [0.15, 0.2) is 88.9 Å². The predicted molar refractivity (Wildman–Crippen MR) is 120 cm³/mol. The summed E-state index contributed by atoms with van der Waals surface area (Å²) in [6.07, 6.45) is 1.34. The third-order valence-electron chi connectivity index (χ3n) is 4.03. The van der Waals surface area contributed by atoms with Crippen molar-refractivity contribution in [1.82, 2.24) is 10.1 Å². The van der Waals surface area contributed by atoms with E-state index in [4.69, 9.17) is 16.3 Å². The number of amides is 1. The summed E-state index contributed by atoms with van der Waals surface area (Å²) in [5.41, 5.74) is 3.13. The Balaban J connectivity index is 1.52. The highest BCUT2D eigenvalue weighted by Gasteiger charge is 2.14. The van der Waals surface area contributed by atoms with Gasteiger partial charge in [-0.25, -0.2) is 23.4 Å². The minimum atomic E-state index is -3.79. The van der Waals surface area contributed by atoms with Gasteiger partial charge < -0.3 is 4.74 Å². The summed E-state index contributed by atoms with van der Waals surface area (Å²) in [7, 11) is -3.79. The number of rotatable bonds is 8. The van der Waals surface area contributed by atoms with Crippen LogP contribution in [0.2, 0.25) is 5.02 Å². The van der Waals surface area contributed by atoms with Crippen molar-refractivity contribution in [3.05, 3.63) is 95.0 Å². The van der Waals surface area contributed by atoms with Gasteiger partial charge in [0.05, 0.1) is 23.2 Å². The largest absolute Gasteiger partial charge is 0.423 e. The van der Waals surface area contributed by atoms with Crippen LogP contribution in [-0.2, 0) is 14.8 Å². The number of hydrogen-bond donors (Lipinski definition) is 2. The van der Waals surface area contributed by atoms with E-state index < -0.39 is 28.4 Å². The molecule has 0 unspecified atom stereocenters. The first-order valence-electron chi connectivity index (χ1n) is 9.28. The van der Waals surface area contributed by atoms with Crippen LogP contribution in [0.5, 0.6) is 5.75 Å². The Labute approximate surface area is 189 Å². The van der Waals surface area contributed by atoms with E-state index >= 15 is 0 Å². The predicted octanol–water partition coefficient (Wildman–Crippen LogP) is 2.99. The molecule has 3 rings (SSSR count). The summed E-state index contributed by atoms with van der Waals surface area (Å²) in [5.74, 6) is -0.906. The highest BCUT2D eigenvalue weighted by atomic mass is 35.5. The van der Waals surface area contributed by atoms with Crippen molar-refractivity contribution in [2.45, 2.75) is 4.90 Å². The Bertz CT molecular complexity index is 1230. The molecular formula is C22H18ClN3O5S. The van der Waals surface area contributed by atoms with Crippen LogP contribution < -0.4 is 14.9 Å². The van der Waals surface area contributed by atoms with Crippen LogP contribution >= 0.6 is 11.6 Å². The van der Waals surface area contributed by atoms with Gasteiger partial charge in [0, 0.05) is 5.02 Å². The van der Waals surface area contributed by atoms with Crippen molar-refractivity contribution in [3.8, 4) is 5.75 Å². The van der Waals surface area contributed by atoms with Crippen LogP contribution in [0.25, 0.3) is 0 Å². The smallest absolute Gasteiger partial charge is 0.343 e. The van der Waals surface area contributed by atoms with Gasteiger partial charge in [-0.2, -0.15) is 5.10 Å². The van der Waals surface area contributed by atoms with Gasteiger partial charge in [-0.05, 0) is 54.1 Å². The number of benzene rings is 3. The van der Waals surface area contributed by atoms with Gasteiger partial charge in [0.25, 0.3) is 5.91 Å². The van der Waals surface area contributed by atoms with Gasteiger partial charge in [-0.1, -0.05) is 41.9 Å². The zero-order valence-corrected chi connectivity index (χ0v) is 18.1. The van der Waals surface area contributed by atoms with E-state index in [1.165, 1.54) is 18.3 Å². The second-order valence-electron chi connectivity index (χ2n) is 6.40. The lowest BCUT2D eigenvalue weighted by atomic mass is 10.2. The molecule has 0 bridgehead atoms.